The Kier molecular flexibility index (Phi) is 4.41. The minimum Gasteiger partial charge on any atom is -0.371 e. The molecule has 0 saturated heterocycles. The van der Waals surface area contributed by atoms with Crippen LogP contribution in [0.1, 0.15) is 6.92 Å². The molecule has 2 N–H and O–H groups in total. The van der Waals surface area contributed by atoms with Crippen molar-refractivity contribution in [2.24, 2.45) is 0 Å². The van der Waals surface area contributed by atoms with Crippen LogP contribution in [0.15, 0.2) is 6.07 Å². The molecule has 1 rings (SSSR count). The molecule has 18 heavy (non-hydrogen) atoms. The second-order valence-corrected chi connectivity index (χ2v) is 4.00. The van der Waals surface area contributed by atoms with Crippen molar-refractivity contribution in [1.82, 2.24) is 9.88 Å². The van der Waals surface area contributed by atoms with Gasteiger partial charge in [-0.1, -0.05) is 0 Å². The quantitative estimate of drug-likeness (QED) is 0.854. The normalized spacial score (nSPS) is 11.9. The number of hydrogen-bond donors (Lipinski definition) is 2. The maximum atomic E-state index is 13.5. The second kappa shape index (κ2) is 5.61. The van der Waals surface area contributed by atoms with Gasteiger partial charge in [0.05, 0.1) is 0 Å². The molecule has 0 aliphatic carbocycles. The molecule has 5 nitrogen and oxygen atoms in total. The predicted octanol–water partition coefficient (Wildman–Crippen LogP) is 1.29. The lowest BCUT2D eigenvalue weighted by molar-refractivity contribution is -0.129. The minimum absolute atomic E-state index is 0.0802. The number of halogens is 2. The summed E-state index contributed by atoms with van der Waals surface area (Å²) in [5.41, 5.74) is 0. The van der Waals surface area contributed by atoms with E-state index >= 15 is 0 Å². The van der Waals surface area contributed by atoms with Crippen LogP contribution in [0.25, 0.3) is 0 Å². The van der Waals surface area contributed by atoms with E-state index in [4.69, 9.17) is 0 Å². The van der Waals surface area contributed by atoms with Gasteiger partial charge in [-0.3, -0.25) is 4.79 Å². The van der Waals surface area contributed by atoms with E-state index < -0.39 is 17.7 Å². The smallest absolute Gasteiger partial charge is 0.244 e. The molecular formula is C11H16F2N4O. The molecule has 0 aliphatic rings. The van der Waals surface area contributed by atoms with E-state index in [2.05, 4.69) is 15.6 Å². The van der Waals surface area contributed by atoms with Gasteiger partial charge in [0.25, 0.3) is 0 Å². The molecule has 0 radical (unpaired) electrons. The van der Waals surface area contributed by atoms with Gasteiger partial charge in [-0.2, -0.15) is 0 Å². The SMILES string of the molecule is CNc1nc(NC(C)C(=O)N(C)C)c(F)cc1F. The zero-order valence-electron chi connectivity index (χ0n) is 10.7. The summed E-state index contributed by atoms with van der Waals surface area (Å²) in [5, 5.41) is 5.11. The minimum atomic E-state index is -0.843. The van der Waals surface area contributed by atoms with Crippen molar-refractivity contribution in [3.8, 4) is 0 Å². The van der Waals surface area contributed by atoms with Gasteiger partial charge in [-0.15, -0.1) is 0 Å². The summed E-state index contributed by atoms with van der Waals surface area (Å²) in [5.74, 6) is -2.10. The third-order valence-corrected chi connectivity index (χ3v) is 2.33. The molecular weight excluding hydrogens is 242 g/mol. The summed E-state index contributed by atoms with van der Waals surface area (Å²) in [6.45, 7) is 1.58. The number of likely N-dealkylation sites (N-methyl/N-ethyl adjacent to an activating group) is 1. The lowest BCUT2D eigenvalue weighted by Gasteiger charge is -2.19. The van der Waals surface area contributed by atoms with Crippen LogP contribution < -0.4 is 10.6 Å². The number of rotatable bonds is 4. The van der Waals surface area contributed by atoms with Crippen LogP contribution in [0.2, 0.25) is 0 Å². The van der Waals surface area contributed by atoms with Gasteiger partial charge in [-0.05, 0) is 6.92 Å². The molecule has 0 fully saturated rings. The van der Waals surface area contributed by atoms with Crippen LogP contribution in [0.4, 0.5) is 20.4 Å². The van der Waals surface area contributed by atoms with Gasteiger partial charge < -0.3 is 15.5 Å². The van der Waals surface area contributed by atoms with E-state index in [1.165, 1.54) is 11.9 Å². The summed E-state index contributed by atoms with van der Waals surface area (Å²) in [6, 6.07) is 0.0609. The monoisotopic (exact) mass is 258 g/mol. The zero-order valence-corrected chi connectivity index (χ0v) is 10.7. The Morgan fingerprint density at radius 2 is 1.89 bits per heavy atom. The molecule has 0 saturated carbocycles. The Hall–Kier alpha value is -1.92. The van der Waals surface area contributed by atoms with Crippen molar-refractivity contribution in [2.75, 3.05) is 31.8 Å². The first-order valence-electron chi connectivity index (χ1n) is 5.38. The fraction of sp³-hybridized carbons (Fsp3) is 0.455. The largest absolute Gasteiger partial charge is 0.371 e. The van der Waals surface area contributed by atoms with E-state index in [1.54, 1.807) is 21.0 Å². The summed E-state index contributed by atoms with van der Waals surface area (Å²) in [6.07, 6.45) is 0. The number of hydrogen-bond acceptors (Lipinski definition) is 4. The summed E-state index contributed by atoms with van der Waals surface area (Å²) in [4.78, 5) is 16.7. The van der Waals surface area contributed by atoms with Gasteiger partial charge in [-0.25, -0.2) is 13.8 Å². The van der Waals surface area contributed by atoms with E-state index in [-0.39, 0.29) is 17.5 Å². The number of amides is 1. The van der Waals surface area contributed by atoms with Crippen molar-refractivity contribution < 1.29 is 13.6 Å². The van der Waals surface area contributed by atoms with Gasteiger partial charge in [0.1, 0.15) is 6.04 Å². The average molecular weight is 258 g/mol. The fourth-order valence-corrected chi connectivity index (χ4v) is 1.40. The highest BCUT2D eigenvalue weighted by molar-refractivity contribution is 5.83. The number of pyridine rings is 1. The maximum absolute atomic E-state index is 13.5. The molecule has 1 aromatic heterocycles. The standard InChI is InChI=1S/C11H16F2N4O/c1-6(11(18)17(3)4)15-10-8(13)5-7(12)9(14-2)16-10/h5-6H,1-4H3,(H2,14,15,16). The first-order chi connectivity index (χ1) is 8.36. The number of nitrogens with zero attached hydrogens (tertiary/aromatic N) is 2. The molecule has 0 aliphatic heterocycles. The predicted molar refractivity (Wildman–Crippen MR) is 65.5 cm³/mol. The van der Waals surface area contributed by atoms with Crippen LogP contribution in [-0.4, -0.2) is 43.0 Å². The summed E-state index contributed by atoms with van der Waals surface area (Å²) < 4.78 is 26.7. The Morgan fingerprint density at radius 1 is 1.33 bits per heavy atom. The Balaban J connectivity index is 2.94. The molecule has 0 spiro atoms. The number of nitrogens with one attached hydrogen (secondary N) is 2. The van der Waals surface area contributed by atoms with E-state index in [9.17, 15) is 13.6 Å². The maximum Gasteiger partial charge on any atom is 0.244 e. The zero-order chi connectivity index (χ0) is 13.9. The number of aromatic nitrogens is 1. The number of carbonyl (C=O) groups excluding carboxylic acids is 1. The highest BCUT2D eigenvalue weighted by Gasteiger charge is 2.18. The van der Waals surface area contributed by atoms with Gasteiger partial charge >= 0.3 is 0 Å². The van der Waals surface area contributed by atoms with Gasteiger partial charge in [0.15, 0.2) is 23.3 Å². The fourth-order valence-electron chi connectivity index (χ4n) is 1.40. The van der Waals surface area contributed by atoms with Crippen molar-refractivity contribution in [3.05, 3.63) is 17.7 Å². The van der Waals surface area contributed by atoms with Crippen molar-refractivity contribution in [3.63, 3.8) is 0 Å². The lowest BCUT2D eigenvalue weighted by Crippen LogP contribution is -2.37. The first kappa shape index (κ1) is 14.1. The van der Waals surface area contributed by atoms with E-state index in [0.717, 1.165) is 0 Å². The van der Waals surface area contributed by atoms with Crippen LogP contribution >= 0.6 is 0 Å². The molecule has 100 valence electrons. The Bertz CT molecular complexity index is 451. The van der Waals surface area contributed by atoms with Crippen LogP contribution in [-0.2, 0) is 4.79 Å². The van der Waals surface area contributed by atoms with Crippen LogP contribution in [0, 0.1) is 11.6 Å². The molecule has 1 atom stereocenters. The van der Waals surface area contributed by atoms with Crippen LogP contribution in [0.3, 0.4) is 0 Å². The third-order valence-electron chi connectivity index (χ3n) is 2.33. The summed E-state index contributed by atoms with van der Waals surface area (Å²) in [7, 11) is 4.66. The molecule has 0 aromatic carbocycles. The van der Waals surface area contributed by atoms with Crippen molar-refractivity contribution >= 4 is 17.5 Å². The average Bonchev–Trinajstić information content (AvgIpc) is 2.31. The molecule has 7 heteroatoms. The molecule has 1 amide bonds. The highest BCUT2D eigenvalue weighted by Crippen LogP contribution is 2.19. The second-order valence-electron chi connectivity index (χ2n) is 4.00. The van der Waals surface area contributed by atoms with Gasteiger partial charge in [0.2, 0.25) is 5.91 Å². The molecule has 0 bridgehead atoms. The van der Waals surface area contributed by atoms with Crippen molar-refractivity contribution in [1.29, 1.82) is 0 Å². The lowest BCUT2D eigenvalue weighted by atomic mass is 10.3. The highest BCUT2D eigenvalue weighted by atomic mass is 19.1. The number of carbonyl (C=O) groups is 1. The molecule has 1 heterocycles. The topological polar surface area (TPSA) is 57.3 Å². The van der Waals surface area contributed by atoms with E-state index in [1.807, 2.05) is 0 Å². The molecule has 1 unspecified atom stereocenters. The third kappa shape index (κ3) is 3.06. The number of anilines is 2. The van der Waals surface area contributed by atoms with Gasteiger partial charge in [0, 0.05) is 27.2 Å². The Morgan fingerprint density at radius 3 is 2.39 bits per heavy atom. The van der Waals surface area contributed by atoms with Crippen LogP contribution in [0.5, 0.6) is 0 Å². The Labute approximate surface area is 104 Å². The first-order valence-corrected chi connectivity index (χ1v) is 5.38. The van der Waals surface area contributed by atoms with E-state index in [0.29, 0.717) is 6.07 Å². The summed E-state index contributed by atoms with van der Waals surface area (Å²) >= 11 is 0. The molecule has 1 aromatic rings. The van der Waals surface area contributed by atoms with Crippen molar-refractivity contribution in [2.45, 2.75) is 13.0 Å².